The summed E-state index contributed by atoms with van der Waals surface area (Å²) < 4.78 is 7.74. The number of fused-ring (bicyclic) bond motifs is 1. The second kappa shape index (κ2) is 10.6. The number of hydrogen-bond donors (Lipinski definition) is 1. The minimum absolute atomic E-state index is 0.136. The van der Waals surface area contributed by atoms with Crippen molar-refractivity contribution < 1.29 is 9.53 Å². The number of carbonyl (C=O) groups is 1. The first-order valence-corrected chi connectivity index (χ1v) is 12.1. The highest BCUT2D eigenvalue weighted by molar-refractivity contribution is 7.99. The summed E-state index contributed by atoms with van der Waals surface area (Å²) in [5, 5.41) is 8.47. The van der Waals surface area contributed by atoms with Crippen LogP contribution in [0.2, 0.25) is 0 Å². The number of hydrogen-bond acceptors (Lipinski definition) is 5. The molecular formula is C21H36N4O2S. The van der Waals surface area contributed by atoms with Gasteiger partial charge in [-0.1, -0.05) is 6.92 Å². The summed E-state index contributed by atoms with van der Waals surface area (Å²) in [5.41, 5.74) is 3.20. The van der Waals surface area contributed by atoms with E-state index in [1.54, 1.807) is 0 Å². The standard InChI is InChI=1S/C21H36N4O2S/c1-4-9-25-19-7-6-17(22-8-5-12-27-16(2)3)15-18(19)20(23-25)21(26)24-10-13-28-14-11-24/h16-17,22H,4-15H2,1-3H3. The molecular weight excluding hydrogens is 372 g/mol. The van der Waals surface area contributed by atoms with Crippen LogP contribution in [0.4, 0.5) is 0 Å². The third kappa shape index (κ3) is 5.51. The molecule has 1 fully saturated rings. The van der Waals surface area contributed by atoms with Gasteiger partial charge in [-0.2, -0.15) is 16.9 Å². The van der Waals surface area contributed by atoms with Crippen LogP contribution >= 0.6 is 11.8 Å². The normalized spacial score (nSPS) is 19.9. The van der Waals surface area contributed by atoms with Crippen molar-refractivity contribution in [2.24, 2.45) is 0 Å². The number of carbonyl (C=O) groups excluding carboxylic acids is 1. The zero-order chi connectivity index (χ0) is 19.9. The Bertz CT molecular complexity index is 641. The molecule has 1 N–H and O–H groups in total. The Labute approximate surface area is 173 Å². The molecule has 3 rings (SSSR count). The molecule has 158 valence electrons. The number of aryl methyl sites for hydroxylation is 1. The van der Waals surface area contributed by atoms with Gasteiger partial charge < -0.3 is 15.0 Å². The first-order chi connectivity index (χ1) is 13.6. The monoisotopic (exact) mass is 408 g/mol. The van der Waals surface area contributed by atoms with Crippen LogP contribution in [0.3, 0.4) is 0 Å². The van der Waals surface area contributed by atoms with Crippen LogP contribution < -0.4 is 5.32 Å². The van der Waals surface area contributed by atoms with E-state index < -0.39 is 0 Å². The molecule has 0 saturated carbocycles. The molecule has 1 aliphatic heterocycles. The molecule has 6 nitrogen and oxygen atoms in total. The topological polar surface area (TPSA) is 59.4 Å². The van der Waals surface area contributed by atoms with E-state index in [2.05, 4.69) is 30.8 Å². The molecule has 0 spiro atoms. The summed E-state index contributed by atoms with van der Waals surface area (Å²) in [6.07, 6.45) is 5.39. The van der Waals surface area contributed by atoms with Gasteiger partial charge in [0.05, 0.1) is 6.10 Å². The number of aromatic nitrogens is 2. The maximum atomic E-state index is 13.2. The molecule has 1 amide bonds. The Morgan fingerprint density at radius 3 is 2.86 bits per heavy atom. The molecule has 1 aromatic heterocycles. The lowest BCUT2D eigenvalue weighted by Crippen LogP contribution is -2.40. The number of ether oxygens (including phenoxy) is 1. The van der Waals surface area contributed by atoms with E-state index in [9.17, 15) is 4.79 Å². The van der Waals surface area contributed by atoms with Crippen LogP contribution in [-0.2, 0) is 24.1 Å². The summed E-state index contributed by atoms with van der Waals surface area (Å²) in [4.78, 5) is 15.2. The average molecular weight is 409 g/mol. The Morgan fingerprint density at radius 1 is 1.36 bits per heavy atom. The molecule has 28 heavy (non-hydrogen) atoms. The molecule has 7 heteroatoms. The van der Waals surface area contributed by atoms with Crippen LogP contribution in [0.5, 0.6) is 0 Å². The highest BCUT2D eigenvalue weighted by Gasteiger charge is 2.31. The van der Waals surface area contributed by atoms with E-state index in [-0.39, 0.29) is 5.91 Å². The lowest BCUT2D eigenvalue weighted by molar-refractivity contribution is 0.0763. The summed E-state index contributed by atoms with van der Waals surface area (Å²) in [6.45, 7) is 10.7. The number of nitrogens with zero attached hydrogens (tertiary/aromatic N) is 3. The predicted octanol–water partition coefficient (Wildman–Crippen LogP) is 2.74. The van der Waals surface area contributed by atoms with Gasteiger partial charge in [0.1, 0.15) is 0 Å². The first-order valence-electron chi connectivity index (χ1n) is 10.9. The SMILES string of the molecule is CCCn1nc(C(=O)N2CCSCC2)c2c1CCC(NCCCOC(C)C)C2. The van der Waals surface area contributed by atoms with Gasteiger partial charge in [-0.3, -0.25) is 9.48 Å². The predicted molar refractivity (Wildman–Crippen MR) is 115 cm³/mol. The maximum absolute atomic E-state index is 13.2. The summed E-state index contributed by atoms with van der Waals surface area (Å²) >= 11 is 1.93. The third-order valence-corrected chi connectivity index (χ3v) is 6.43. The zero-order valence-electron chi connectivity index (χ0n) is 17.7. The van der Waals surface area contributed by atoms with Crippen LogP contribution in [0.1, 0.15) is 61.8 Å². The minimum atomic E-state index is 0.136. The van der Waals surface area contributed by atoms with Crippen molar-refractivity contribution >= 4 is 17.7 Å². The average Bonchev–Trinajstić information content (AvgIpc) is 3.06. The van der Waals surface area contributed by atoms with Gasteiger partial charge >= 0.3 is 0 Å². The van der Waals surface area contributed by atoms with Crippen molar-refractivity contribution in [1.29, 1.82) is 0 Å². The smallest absolute Gasteiger partial charge is 0.274 e. The number of amides is 1. The maximum Gasteiger partial charge on any atom is 0.274 e. The van der Waals surface area contributed by atoms with E-state index in [1.807, 2.05) is 16.7 Å². The highest BCUT2D eigenvalue weighted by Crippen LogP contribution is 2.27. The molecule has 0 bridgehead atoms. The van der Waals surface area contributed by atoms with Gasteiger partial charge in [0, 0.05) is 55.0 Å². The summed E-state index contributed by atoms with van der Waals surface area (Å²) in [6, 6.07) is 0.425. The Balaban J connectivity index is 1.65. The zero-order valence-corrected chi connectivity index (χ0v) is 18.5. The molecule has 0 radical (unpaired) electrons. The molecule has 2 aliphatic rings. The molecule has 1 aliphatic carbocycles. The van der Waals surface area contributed by atoms with Gasteiger partial charge in [-0.25, -0.2) is 0 Å². The second-order valence-electron chi connectivity index (χ2n) is 8.07. The van der Waals surface area contributed by atoms with Crippen molar-refractivity contribution in [2.45, 2.75) is 71.6 Å². The molecule has 1 aromatic rings. The van der Waals surface area contributed by atoms with E-state index >= 15 is 0 Å². The molecule has 1 saturated heterocycles. The Morgan fingerprint density at radius 2 is 2.14 bits per heavy atom. The molecule has 1 unspecified atom stereocenters. The van der Waals surface area contributed by atoms with Gasteiger partial charge in [0.2, 0.25) is 0 Å². The van der Waals surface area contributed by atoms with Gasteiger partial charge in [-0.05, 0) is 52.5 Å². The third-order valence-electron chi connectivity index (χ3n) is 5.49. The van der Waals surface area contributed by atoms with Crippen molar-refractivity contribution in [3.8, 4) is 0 Å². The fraction of sp³-hybridized carbons (Fsp3) is 0.810. The minimum Gasteiger partial charge on any atom is -0.379 e. The summed E-state index contributed by atoms with van der Waals surface area (Å²) in [5.74, 6) is 2.20. The van der Waals surface area contributed by atoms with Gasteiger partial charge in [0.25, 0.3) is 5.91 Å². The van der Waals surface area contributed by atoms with Crippen LogP contribution in [0, 0.1) is 0 Å². The lowest BCUT2D eigenvalue weighted by atomic mass is 9.91. The summed E-state index contributed by atoms with van der Waals surface area (Å²) in [7, 11) is 0. The van der Waals surface area contributed by atoms with Crippen molar-refractivity contribution in [2.75, 3.05) is 37.7 Å². The van der Waals surface area contributed by atoms with Crippen molar-refractivity contribution in [1.82, 2.24) is 20.0 Å². The Hall–Kier alpha value is -1.05. The van der Waals surface area contributed by atoms with Gasteiger partial charge in [-0.15, -0.1) is 0 Å². The van der Waals surface area contributed by atoms with Crippen molar-refractivity contribution in [3.63, 3.8) is 0 Å². The van der Waals surface area contributed by atoms with E-state index in [1.165, 1.54) is 11.3 Å². The van der Waals surface area contributed by atoms with Crippen LogP contribution in [-0.4, -0.2) is 70.5 Å². The number of rotatable bonds is 9. The molecule has 1 atom stereocenters. The quantitative estimate of drug-likeness (QED) is 0.637. The lowest BCUT2D eigenvalue weighted by Gasteiger charge is -2.27. The first kappa shape index (κ1) is 21.7. The van der Waals surface area contributed by atoms with E-state index in [4.69, 9.17) is 9.84 Å². The molecule has 0 aromatic carbocycles. The highest BCUT2D eigenvalue weighted by atomic mass is 32.2. The second-order valence-corrected chi connectivity index (χ2v) is 9.29. The van der Waals surface area contributed by atoms with E-state index in [0.717, 1.165) is 76.4 Å². The van der Waals surface area contributed by atoms with Crippen LogP contribution in [0.15, 0.2) is 0 Å². The number of nitrogens with one attached hydrogen (secondary N) is 1. The fourth-order valence-corrected chi connectivity index (χ4v) is 4.95. The fourth-order valence-electron chi connectivity index (χ4n) is 4.04. The van der Waals surface area contributed by atoms with Gasteiger partial charge in [0.15, 0.2) is 5.69 Å². The van der Waals surface area contributed by atoms with Crippen molar-refractivity contribution in [3.05, 3.63) is 17.0 Å². The van der Waals surface area contributed by atoms with E-state index in [0.29, 0.717) is 17.8 Å². The van der Waals surface area contributed by atoms with Crippen LogP contribution in [0.25, 0.3) is 0 Å². The Kier molecular flexibility index (Phi) is 8.23. The molecule has 2 heterocycles. The largest absolute Gasteiger partial charge is 0.379 e. The number of thioether (sulfide) groups is 1.